The van der Waals surface area contributed by atoms with E-state index in [1.54, 1.807) is 56.3 Å². The summed E-state index contributed by atoms with van der Waals surface area (Å²) in [7, 11) is -2.00. The molecule has 2 aromatic carbocycles. The molecule has 2 unspecified atom stereocenters. The lowest BCUT2D eigenvalue weighted by Gasteiger charge is -2.38. The van der Waals surface area contributed by atoms with E-state index < -0.39 is 40.2 Å². The maximum Gasteiger partial charge on any atom is 0.418 e. The van der Waals surface area contributed by atoms with Gasteiger partial charge in [-0.15, -0.1) is 0 Å². The summed E-state index contributed by atoms with van der Waals surface area (Å²) in [4.78, 5) is 0.262. The fourth-order valence-corrected chi connectivity index (χ4v) is 4.65. The first-order valence-electron chi connectivity index (χ1n) is 8.86. The monoisotopic (exact) mass is 410 g/mol. The van der Waals surface area contributed by atoms with Gasteiger partial charge in [-0.25, -0.2) is 0 Å². The van der Waals surface area contributed by atoms with Gasteiger partial charge < -0.3 is 5.11 Å². The van der Waals surface area contributed by atoms with Gasteiger partial charge in [0.2, 0.25) is 0 Å². The van der Waals surface area contributed by atoms with Gasteiger partial charge in [-0.05, 0) is 42.0 Å². The van der Waals surface area contributed by atoms with E-state index in [1.165, 1.54) is 12.1 Å². The van der Waals surface area contributed by atoms with Gasteiger partial charge in [-0.1, -0.05) is 68.5 Å². The van der Waals surface area contributed by atoms with Crippen LogP contribution < -0.4 is 0 Å². The second-order valence-corrected chi connectivity index (χ2v) is 9.14. The van der Waals surface area contributed by atoms with Crippen molar-refractivity contribution in [1.29, 1.82) is 0 Å². The minimum atomic E-state index is -4.92. The van der Waals surface area contributed by atoms with Gasteiger partial charge in [0.15, 0.2) is 5.60 Å². The number of alkyl halides is 3. The Morgan fingerprint density at radius 2 is 1.64 bits per heavy atom. The molecule has 0 spiro atoms. The van der Waals surface area contributed by atoms with E-state index in [-0.39, 0.29) is 4.90 Å². The minimum absolute atomic E-state index is 0.262. The first-order valence-corrected chi connectivity index (χ1v) is 10.2. The number of hydrogen-bond acceptors (Lipinski definition) is 2. The zero-order valence-electron chi connectivity index (χ0n) is 16.2. The van der Waals surface area contributed by atoms with Crippen LogP contribution in [0.15, 0.2) is 60.0 Å². The number of rotatable bonds is 7. The zero-order valence-corrected chi connectivity index (χ0v) is 17.0. The number of hydrogen-bond donors (Lipinski definition) is 1. The molecule has 0 aliphatic heterocycles. The number of halogens is 3. The predicted octanol–water partition coefficient (Wildman–Crippen LogP) is 5.41. The van der Waals surface area contributed by atoms with Gasteiger partial charge in [0.1, 0.15) is 0 Å². The van der Waals surface area contributed by atoms with Crippen LogP contribution in [0.25, 0.3) is 6.08 Å². The molecule has 28 heavy (non-hydrogen) atoms. The Balaban J connectivity index is 2.38. The quantitative estimate of drug-likeness (QED) is 0.663. The largest absolute Gasteiger partial charge is 0.418 e. The molecule has 0 saturated carbocycles. The summed E-state index contributed by atoms with van der Waals surface area (Å²) in [5.74, 6) is -0.917. The van der Waals surface area contributed by atoms with Crippen LogP contribution in [0.3, 0.4) is 0 Å². The van der Waals surface area contributed by atoms with Crippen molar-refractivity contribution in [3.63, 3.8) is 0 Å². The van der Waals surface area contributed by atoms with E-state index in [2.05, 4.69) is 6.58 Å². The third-order valence-corrected chi connectivity index (χ3v) is 6.36. The summed E-state index contributed by atoms with van der Waals surface area (Å²) in [6, 6.07) is 13.4. The van der Waals surface area contributed by atoms with Crippen LogP contribution in [-0.2, 0) is 16.2 Å². The van der Waals surface area contributed by atoms with Crippen molar-refractivity contribution in [2.45, 2.75) is 49.3 Å². The first-order chi connectivity index (χ1) is 12.9. The number of benzene rings is 2. The van der Waals surface area contributed by atoms with Crippen molar-refractivity contribution in [3.8, 4) is 0 Å². The van der Waals surface area contributed by atoms with Gasteiger partial charge in [0, 0.05) is 4.90 Å². The molecule has 2 aromatic rings. The average Bonchev–Trinajstić information content (AvgIpc) is 2.60. The molecule has 0 aliphatic carbocycles. The summed E-state index contributed by atoms with van der Waals surface area (Å²) >= 11 is 0. The van der Waals surface area contributed by atoms with E-state index in [1.807, 2.05) is 6.92 Å². The van der Waals surface area contributed by atoms with Crippen LogP contribution in [0, 0.1) is 6.92 Å². The summed E-state index contributed by atoms with van der Waals surface area (Å²) in [6.45, 7) is 8.82. The van der Waals surface area contributed by atoms with Gasteiger partial charge >= 0.3 is 6.18 Å². The fourth-order valence-electron chi connectivity index (χ4n) is 3.34. The standard InChI is InChI=1S/C22H25F3O2S/c1-5-17-8-6-7-9-19(17)20(3,4)14-21(26,22(23,24)25)15-28(27)18-12-10-16(2)11-13-18/h5-13,26H,1,14-15H2,2-4H3. The van der Waals surface area contributed by atoms with Crippen LogP contribution in [0.5, 0.6) is 0 Å². The Labute approximate surface area is 166 Å². The summed E-state index contributed by atoms with van der Waals surface area (Å²) < 4.78 is 54.2. The highest BCUT2D eigenvalue weighted by atomic mass is 32.2. The molecule has 0 fully saturated rings. The van der Waals surface area contributed by atoms with Crippen LogP contribution in [0.4, 0.5) is 13.2 Å². The molecule has 2 atom stereocenters. The molecule has 0 radical (unpaired) electrons. The van der Waals surface area contributed by atoms with Crippen molar-refractivity contribution in [3.05, 3.63) is 71.8 Å². The van der Waals surface area contributed by atoms with Crippen LogP contribution in [0.1, 0.15) is 37.0 Å². The van der Waals surface area contributed by atoms with Gasteiger partial charge in [-0.2, -0.15) is 13.2 Å². The Bertz CT molecular complexity index is 857. The second kappa shape index (κ2) is 8.21. The average molecular weight is 411 g/mol. The molecular weight excluding hydrogens is 385 g/mol. The predicted molar refractivity (Wildman–Crippen MR) is 108 cm³/mol. The highest BCUT2D eigenvalue weighted by Gasteiger charge is 2.56. The van der Waals surface area contributed by atoms with Crippen molar-refractivity contribution < 1.29 is 22.5 Å². The lowest BCUT2D eigenvalue weighted by molar-refractivity contribution is -0.257. The third kappa shape index (κ3) is 4.92. The molecule has 0 amide bonds. The molecule has 152 valence electrons. The maximum absolute atomic E-state index is 13.9. The van der Waals surface area contributed by atoms with E-state index in [4.69, 9.17) is 0 Å². The number of aliphatic hydroxyl groups is 1. The third-order valence-electron chi connectivity index (χ3n) is 4.83. The van der Waals surface area contributed by atoms with Crippen LogP contribution >= 0.6 is 0 Å². The van der Waals surface area contributed by atoms with Crippen LogP contribution in [0.2, 0.25) is 0 Å². The molecule has 2 rings (SSSR count). The Kier molecular flexibility index (Phi) is 6.56. The molecule has 2 nitrogen and oxygen atoms in total. The van der Waals surface area contributed by atoms with Crippen molar-refractivity contribution >= 4 is 16.9 Å². The summed E-state index contributed by atoms with van der Waals surface area (Å²) in [6.07, 6.45) is -3.96. The molecule has 0 bridgehead atoms. The van der Waals surface area contributed by atoms with Crippen molar-refractivity contribution in [1.82, 2.24) is 0 Å². The molecule has 0 aromatic heterocycles. The molecule has 0 heterocycles. The van der Waals surface area contributed by atoms with Crippen molar-refractivity contribution in [2.75, 3.05) is 5.75 Å². The van der Waals surface area contributed by atoms with E-state index in [0.717, 1.165) is 5.56 Å². The lowest BCUT2D eigenvalue weighted by atomic mass is 9.74. The highest BCUT2D eigenvalue weighted by molar-refractivity contribution is 7.85. The molecule has 6 heteroatoms. The lowest BCUT2D eigenvalue weighted by Crippen LogP contribution is -2.53. The highest BCUT2D eigenvalue weighted by Crippen LogP contribution is 2.43. The second-order valence-electron chi connectivity index (χ2n) is 7.68. The number of aryl methyl sites for hydroxylation is 1. The molecule has 0 saturated heterocycles. The minimum Gasteiger partial charge on any atom is -0.380 e. The first kappa shape index (κ1) is 22.4. The van der Waals surface area contributed by atoms with E-state index in [0.29, 0.717) is 11.1 Å². The Morgan fingerprint density at radius 1 is 1.07 bits per heavy atom. The maximum atomic E-state index is 13.9. The Hall–Kier alpha value is -1.92. The molecular formula is C22H25F3O2S. The van der Waals surface area contributed by atoms with E-state index >= 15 is 0 Å². The van der Waals surface area contributed by atoms with Crippen LogP contribution in [-0.4, -0.2) is 26.8 Å². The normalized spacial score (nSPS) is 15.7. The van der Waals surface area contributed by atoms with Gasteiger partial charge in [-0.3, -0.25) is 4.21 Å². The summed E-state index contributed by atoms with van der Waals surface area (Å²) in [5.41, 5.74) is -1.85. The van der Waals surface area contributed by atoms with Gasteiger partial charge in [0.25, 0.3) is 0 Å². The SMILES string of the molecule is C=Cc1ccccc1C(C)(C)CC(O)(CS(=O)c1ccc(C)cc1)C(F)(F)F. The van der Waals surface area contributed by atoms with Crippen molar-refractivity contribution in [2.24, 2.45) is 0 Å². The fraction of sp³-hybridized carbons (Fsp3) is 0.364. The molecule has 1 N–H and O–H groups in total. The topological polar surface area (TPSA) is 37.3 Å². The smallest absolute Gasteiger partial charge is 0.380 e. The summed E-state index contributed by atoms with van der Waals surface area (Å²) in [5, 5.41) is 10.7. The molecule has 0 aliphatic rings. The zero-order chi connectivity index (χ0) is 21.2. The van der Waals surface area contributed by atoms with Gasteiger partial charge in [0.05, 0.1) is 16.6 Å². The Morgan fingerprint density at radius 3 is 2.18 bits per heavy atom. The van der Waals surface area contributed by atoms with E-state index in [9.17, 15) is 22.5 Å².